The summed E-state index contributed by atoms with van der Waals surface area (Å²) in [6.07, 6.45) is 1.54. The van der Waals surface area contributed by atoms with Crippen molar-refractivity contribution in [3.8, 4) is 0 Å². The van der Waals surface area contributed by atoms with Crippen LogP contribution in [0.25, 0.3) is 0 Å². The van der Waals surface area contributed by atoms with E-state index in [1.165, 1.54) is 5.56 Å². The molecule has 21 heavy (non-hydrogen) atoms. The number of carbonyl (C=O) groups excluding carboxylic acids is 1. The highest BCUT2D eigenvalue weighted by atomic mass is 16.2. The van der Waals surface area contributed by atoms with E-state index in [0.29, 0.717) is 13.1 Å². The third-order valence-electron chi connectivity index (χ3n) is 4.27. The molecule has 3 N–H and O–H groups in total. The minimum Gasteiger partial charge on any atom is -0.351 e. The standard InChI is InChI=1S/C17H29N3O/c1-5-17(6-2,13-18)16(21)19-11-14-9-7-8-10-15(14)12-20(3)4/h7-10H,5-6,11-13,18H2,1-4H3,(H,19,21). The van der Waals surface area contributed by atoms with Gasteiger partial charge < -0.3 is 16.0 Å². The minimum absolute atomic E-state index is 0.0645. The summed E-state index contributed by atoms with van der Waals surface area (Å²) in [6, 6.07) is 8.22. The number of carbonyl (C=O) groups is 1. The number of nitrogens with two attached hydrogens (primary N) is 1. The van der Waals surface area contributed by atoms with E-state index < -0.39 is 5.41 Å². The molecular formula is C17H29N3O. The van der Waals surface area contributed by atoms with Gasteiger partial charge in [-0.2, -0.15) is 0 Å². The van der Waals surface area contributed by atoms with Crippen molar-refractivity contribution in [2.24, 2.45) is 11.1 Å². The molecule has 0 aliphatic heterocycles. The molecule has 118 valence electrons. The summed E-state index contributed by atoms with van der Waals surface area (Å²) in [5.41, 5.74) is 7.80. The first kappa shape index (κ1) is 17.7. The van der Waals surface area contributed by atoms with Crippen LogP contribution < -0.4 is 11.1 Å². The van der Waals surface area contributed by atoms with Gasteiger partial charge >= 0.3 is 0 Å². The van der Waals surface area contributed by atoms with Crippen molar-refractivity contribution in [1.29, 1.82) is 0 Å². The van der Waals surface area contributed by atoms with Crippen LogP contribution in [0.3, 0.4) is 0 Å². The van der Waals surface area contributed by atoms with Crippen LogP contribution in [0.4, 0.5) is 0 Å². The van der Waals surface area contributed by atoms with Gasteiger partial charge in [0.15, 0.2) is 0 Å². The summed E-state index contributed by atoms with van der Waals surface area (Å²) in [5.74, 6) is 0.0645. The van der Waals surface area contributed by atoms with E-state index >= 15 is 0 Å². The van der Waals surface area contributed by atoms with E-state index in [2.05, 4.69) is 22.3 Å². The van der Waals surface area contributed by atoms with Gasteiger partial charge in [-0.05, 0) is 38.1 Å². The third kappa shape index (κ3) is 4.55. The Hall–Kier alpha value is -1.39. The molecule has 4 heteroatoms. The molecule has 1 amide bonds. The molecule has 0 heterocycles. The van der Waals surface area contributed by atoms with Crippen LogP contribution in [0.1, 0.15) is 37.8 Å². The van der Waals surface area contributed by atoms with Gasteiger partial charge in [0.1, 0.15) is 0 Å². The molecule has 0 radical (unpaired) electrons. The lowest BCUT2D eigenvalue weighted by Crippen LogP contribution is -2.45. The largest absolute Gasteiger partial charge is 0.351 e. The number of benzene rings is 1. The van der Waals surface area contributed by atoms with Crippen LogP contribution in [0.5, 0.6) is 0 Å². The maximum Gasteiger partial charge on any atom is 0.227 e. The summed E-state index contributed by atoms with van der Waals surface area (Å²) >= 11 is 0. The number of hydrogen-bond acceptors (Lipinski definition) is 3. The highest BCUT2D eigenvalue weighted by Gasteiger charge is 2.32. The molecule has 0 aromatic heterocycles. The average Bonchev–Trinajstić information content (AvgIpc) is 2.48. The molecule has 1 aromatic rings. The Morgan fingerprint density at radius 3 is 2.24 bits per heavy atom. The SMILES string of the molecule is CCC(CC)(CN)C(=O)NCc1ccccc1CN(C)C. The van der Waals surface area contributed by atoms with E-state index in [4.69, 9.17) is 5.73 Å². The van der Waals surface area contributed by atoms with Crippen molar-refractivity contribution in [2.45, 2.75) is 39.8 Å². The lowest BCUT2D eigenvalue weighted by Gasteiger charge is -2.28. The average molecular weight is 291 g/mol. The topological polar surface area (TPSA) is 58.4 Å². The Kier molecular flexibility index (Phi) is 6.85. The van der Waals surface area contributed by atoms with Crippen LogP contribution in [-0.2, 0) is 17.9 Å². The zero-order valence-electron chi connectivity index (χ0n) is 13.8. The smallest absolute Gasteiger partial charge is 0.227 e. The fourth-order valence-corrected chi connectivity index (χ4v) is 2.54. The molecule has 4 nitrogen and oxygen atoms in total. The molecule has 0 unspecified atom stereocenters. The Bertz CT molecular complexity index is 445. The number of hydrogen-bond donors (Lipinski definition) is 2. The number of nitrogens with zero attached hydrogens (tertiary/aromatic N) is 1. The Morgan fingerprint density at radius 1 is 1.19 bits per heavy atom. The normalized spacial score (nSPS) is 11.7. The molecule has 0 saturated heterocycles. The Balaban J connectivity index is 2.77. The summed E-state index contributed by atoms with van der Waals surface area (Å²) in [4.78, 5) is 14.6. The zero-order chi connectivity index (χ0) is 15.9. The van der Waals surface area contributed by atoms with E-state index in [9.17, 15) is 4.79 Å². The molecule has 0 aliphatic rings. The number of amides is 1. The molecule has 0 saturated carbocycles. The van der Waals surface area contributed by atoms with Crippen molar-refractivity contribution >= 4 is 5.91 Å². The fourth-order valence-electron chi connectivity index (χ4n) is 2.54. The first-order chi connectivity index (χ1) is 9.99. The van der Waals surface area contributed by atoms with Gasteiger partial charge in [-0.3, -0.25) is 4.79 Å². The van der Waals surface area contributed by atoms with Crippen LogP contribution in [-0.4, -0.2) is 31.4 Å². The maximum atomic E-state index is 12.5. The second kappa shape index (κ2) is 8.15. The second-order valence-corrected chi connectivity index (χ2v) is 5.88. The predicted octanol–water partition coefficient (Wildman–Crippen LogP) is 2.13. The first-order valence-electron chi connectivity index (χ1n) is 7.69. The number of rotatable bonds is 8. The maximum absolute atomic E-state index is 12.5. The summed E-state index contributed by atoms with van der Waals surface area (Å²) < 4.78 is 0. The van der Waals surface area contributed by atoms with Gasteiger partial charge in [0.25, 0.3) is 0 Å². The molecule has 0 atom stereocenters. The van der Waals surface area contributed by atoms with Crippen LogP contribution in [0.15, 0.2) is 24.3 Å². The molecule has 0 fully saturated rings. The van der Waals surface area contributed by atoms with Crippen molar-refractivity contribution in [3.63, 3.8) is 0 Å². The Morgan fingerprint density at radius 2 is 1.76 bits per heavy atom. The van der Waals surface area contributed by atoms with E-state index in [1.807, 2.05) is 40.1 Å². The van der Waals surface area contributed by atoms with Crippen LogP contribution >= 0.6 is 0 Å². The lowest BCUT2D eigenvalue weighted by atomic mass is 9.81. The van der Waals surface area contributed by atoms with Gasteiger partial charge in [0.05, 0.1) is 5.41 Å². The van der Waals surface area contributed by atoms with Crippen molar-refractivity contribution in [1.82, 2.24) is 10.2 Å². The predicted molar refractivity (Wildman–Crippen MR) is 87.7 cm³/mol. The lowest BCUT2D eigenvalue weighted by molar-refractivity contribution is -0.131. The zero-order valence-corrected chi connectivity index (χ0v) is 13.8. The molecule has 0 spiro atoms. The van der Waals surface area contributed by atoms with E-state index in [-0.39, 0.29) is 5.91 Å². The molecule has 0 aliphatic carbocycles. The molecule has 0 bridgehead atoms. The van der Waals surface area contributed by atoms with Gasteiger partial charge in [-0.25, -0.2) is 0 Å². The van der Waals surface area contributed by atoms with Crippen molar-refractivity contribution in [3.05, 3.63) is 35.4 Å². The van der Waals surface area contributed by atoms with Gasteiger partial charge in [-0.15, -0.1) is 0 Å². The minimum atomic E-state index is -0.434. The molecular weight excluding hydrogens is 262 g/mol. The second-order valence-electron chi connectivity index (χ2n) is 5.88. The quantitative estimate of drug-likeness (QED) is 0.771. The van der Waals surface area contributed by atoms with Crippen LogP contribution in [0.2, 0.25) is 0 Å². The van der Waals surface area contributed by atoms with E-state index in [1.54, 1.807) is 0 Å². The highest BCUT2D eigenvalue weighted by Crippen LogP contribution is 2.25. The third-order valence-corrected chi connectivity index (χ3v) is 4.27. The fraction of sp³-hybridized carbons (Fsp3) is 0.588. The first-order valence-corrected chi connectivity index (χ1v) is 7.69. The molecule has 1 rings (SSSR count). The van der Waals surface area contributed by atoms with Gasteiger partial charge in [0.2, 0.25) is 5.91 Å². The highest BCUT2D eigenvalue weighted by molar-refractivity contribution is 5.82. The van der Waals surface area contributed by atoms with Gasteiger partial charge in [-0.1, -0.05) is 38.1 Å². The monoisotopic (exact) mass is 291 g/mol. The van der Waals surface area contributed by atoms with Crippen LogP contribution in [0, 0.1) is 5.41 Å². The summed E-state index contributed by atoms with van der Waals surface area (Å²) in [6.45, 7) is 5.87. The van der Waals surface area contributed by atoms with Crippen molar-refractivity contribution in [2.75, 3.05) is 20.6 Å². The summed E-state index contributed by atoms with van der Waals surface area (Å²) in [5, 5.41) is 3.07. The Labute approximate surface area is 128 Å². The van der Waals surface area contributed by atoms with E-state index in [0.717, 1.165) is 24.9 Å². The number of nitrogens with one attached hydrogen (secondary N) is 1. The molecule has 1 aromatic carbocycles. The van der Waals surface area contributed by atoms with Crippen molar-refractivity contribution < 1.29 is 4.79 Å². The summed E-state index contributed by atoms with van der Waals surface area (Å²) in [7, 11) is 4.09. The van der Waals surface area contributed by atoms with Gasteiger partial charge in [0, 0.05) is 19.6 Å².